The summed E-state index contributed by atoms with van der Waals surface area (Å²) in [7, 11) is 0. The number of benzene rings is 1. The van der Waals surface area contributed by atoms with Gasteiger partial charge in [0.1, 0.15) is 0 Å². The van der Waals surface area contributed by atoms with Gasteiger partial charge in [-0.2, -0.15) is 0 Å². The van der Waals surface area contributed by atoms with Crippen LogP contribution in [0.4, 0.5) is 0 Å². The third kappa shape index (κ3) is 7.68. The summed E-state index contributed by atoms with van der Waals surface area (Å²) >= 11 is 0. The van der Waals surface area contributed by atoms with Gasteiger partial charge in [0.05, 0.1) is 6.54 Å². The molecule has 2 unspecified atom stereocenters. The largest absolute Gasteiger partial charge is 0.357 e. The van der Waals surface area contributed by atoms with E-state index in [1.165, 1.54) is 12.8 Å². The fraction of sp³-hybridized carbons (Fsp3) is 0.619. The van der Waals surface area contributed by atoms with E-state index < -0.39 is 0 Å². The van der Waals surface area contributed by atoms with Gasteiger partial charge in [-0.15, -0.1) is 24.0 Å². The van der Waals surface area contributed by atoms with Crippen LogP contribution in [0.1, 0.15) is 62.9 Å². The van der Waals surface area contributed by atoms with Crippen LogP contribution >= 0.6 is 24.0 Å². The zero-order valence-corrected chi connectivity index (χ0v) is 19.5. The van der Waals surface area contributed by atoms with Crippen LogP contribution in [0.3, 0.4) is 0 Å². The predicted molar refractivity (Wildman–Crippen MR) is 124 cm³/mol. The van der Waals surface area contributed by atoms with E-state index in [1.807, 2.05) is 31.2 Å². The molecule has 1 aromatic rings. The van der Waals surface area contributed by atoms with Gasteiger partial charge in [0.25, 0.3) is 5.91 Å². The Bertz CT molecular complexity index is 603. The Morgan fingerprint density at radius 2 is 2.00 bits per heavy atom. The molecule has 5 nitrogen and oxygen atoms in total. The zero-order chi connectivity index (χ0) is 18.9. The van der Waals surface area contributed by atoms with Crippen LogP contribution in [0.2, 0.25) is 0 Å². The number of nitrogens with zero attached hydrogens (tertiary/aromatic N) is 2. The Balaban J connectivity index is 0.00000364. The molecule has 1 saturated heterocycles. The molecule has 6 heteroatoms. The molecular weight excluding hydrogens is 451 g/mol. The minimum Gasteiger partial charge on any atom is -0.357 e. The number of carbonyl (C=O) groups is 1. The van der Waals surface area contributed by atoms with Crippen molar-refractivity contribution in [3.05, 3.63) is 35.4 Å². The normalized spacial score (nSPS) is 18.4. The third-order valence-corrected chi connectivity index (χ3v) is 4.91. The molecule has 152 valence electrons. The number of hydrogen-bond acceptors (Lipinski definition) is 2. The molecule has 1 aromatic carbocycles. The van der Waals surface area contributed by atoms with Crippen LogP contribution < -0.4 is 10.6 Å². The predicted octanol–water partition coefficient (Wildman–Crippen LogP) is 4.03. The monoisotopic (exact) mass is 486 g/mol. The highest BCUT2D eigenvalue weighted by Gasteiger charge is 2.19. The standard InChI is InChI=1S/C21H34N4O.HI/c1-5-17(4)24-20(26)19-11-9-18(10-12-19)14-23-21(22-6-2)25-13-7-8-16(3)15-25;/h9-12,16-17H,5-8,13-15H2,1-4H3,(H,22,23)(H,24,26);1H. The maximum absolute atomic E-state index is 12.2. The number of nitrogens with one attached hydrogen (secondary N) is 2. The molecule has 0 radical (unpaired) electrons. The molecule has 1 aliphatic heterocycles. The maximum Gasteiger partial charge on any atom is 0.251 e. The Hall–Kier alpha value is -1.31. The average Bonchev–Trinajstić information content (AvgIpc) is 2.65. The second-order valence-corrected chi connectivity index (χ2v) is 7.34. The van der Waals surface area contributed by atoms with Crippen molar-refractivity contribution in [2.75, 3.05) is 19.6 Å². The fourth-order valence-electron chi connectivity index (χ4n) is 3.14. The number of halogens is 1. The van der Waals surface area contributed by atoms with Gasteiger partial charge in [-0.05, 0) is 56.7 Å². The number of carbonyl (C=O) groups excluding carboxylic acids is 1. The van der Waals surface area contributed by atoms with Crippen LogP contribution in [0.25, 0.3) is 0 Å². The Morgan fingerprint density at radius 1 is 1.30 bits per heavy atom. The molecule has 1 aliphatic rings. The second-order valence-electron chi connectivity index (χ2n) is 7.34. The van der Waals surface area contributed by atoms with Gasteiger partial charge >= 0.3 is 0 Å². The van der Waals surface area contributed by atoms with E-state index in [9.17, 15) is 4.79 Å². The molecule has 0 spiro atoms. The van der Waals surface area contributed by atoms with Crippen LogP contribution in [0.5, 0.6) is 0 Å². The minimum absolute atomic E-state index is 0. The van der Waals surface area contributed by atoms with Crippen LogP contribution in [-0.2, 0) is 6.54 Å². The molecule has 2 N–H and O–H groups in total. The van der Waals surface area contributed by atoms with E-state index in [4.69, 9.17) is 4.99 Å². The summed E-state index contributed by atoms with van der Waals surface area (Å²) in [5.74, 6) is 1.71. The molecule has 1 amide bonds. The first-order valence-electron chi connectivity index (χ1n) is 9.96. The first kappa shape index (κ1) is 23.7. The van der Waals surface area contributed by atoms with Gasteiger partial charge in [-0.3, -0.25) is 4.79 Å². The smallest absolute Gasteiger partial charge is 0.251 e. The maximum atomic E-state index is 12.2. The lowest BCUT2D eigenvalue weighted by Gasteiger charge is -2.33. The number of piperidine rings is 1. The third-order valence-electron chi connectivity index (χ3n) is 4.91. The number of guanidine groups is 1. The van der Waals surface area contributed by atoms with Crippen molar-refractivity contribution in [1.82, 2.24) is 15.5 Å². The number of amides is 1. The van der Waals surface area contributed by atoms with E-state index in [-0.39, 0.29) is 35.9 Å². The summed E-state index contributed by atoms with van der Waals surface area (Å²) in [6.45, 7) is 12.1. The van der Waals surface area contributed by atoms with E-state index in [1.54, 1.807) is 0 Å². The SMILES string of the molecule is CCNC(=NCc1ccc(C(=O)NC(C)CC)cc1)N1CCCC(C)C1.I. The van der Waals surface area contributed by atoms with Crippen molar-refractivity contribution in [1.29, 1.82) is 0 Å². The Kier molecular flexibility index (Phi) is 10.7. The van der Waals surface area contributed by atoms with Crippen molar-refractivity contribution < 1.29 is 4.79 Å². The quantitative estimate of drug-likeness (QED) is 0.363. The highest BCUT2D eigenvalue weighted by molar-refractivity contribution is 14.0. The van der Waals surface area contributed by atoms with Crippen molar-refractivity contribution in [3.8, 4) is 0 Å². The summed E-state index contributed by atoms with van der Waals surface area (Å²) in [5.41, 5.74) is 1.82. The van der Waals surface area contributed by atoms with E-state index >= 15 is 0 Å². The molecule has 0 aliphatic carbocycles. The fourth-order valence-corrected chi connectivity index (χ4v) is 3.14. The van der Waals surface area contributed by atoms with Gasteiger partial charge in [0.2, 0.25) is 0 Å². The van der Waals surface area contributed by atoms with Crippen molar-refractivity contribution in [2.45, 2.75) is 59.5 Å². The van der Waals surface area contributed by atoms with Crippen molar-refractivity contribution in [2.24, 2.45) is 10.9 Å². The number of rotatable bonds is 6. The van der Waals surface area contributed by atoms with Gasteiger partial charge in [0, 0.05) is 31.2 Å². The number of aliphatic imine (C=N–C) groups is 1. The van der Waals surface area contributed by atoms with E-state index in [2.05, 4.69) is 36.3 Å². The number of likely N-dealkylation sites (tertiary alicyclic amines) is 1. The highest BCUT2D eigenvalue weighted by atomic mass is 127. The molecule has 0 bridgehead atoms. The minimum atomic E-state index is -0.00922. The molecular formula is C21H35IN4O. The first-order chi connectivity index (χ1) is 12.5. The van der Waals surface area contributed by atoms with Gasteiger partial charge in [0.15, 0.2) is 5.96 Å². The van der Waals surface area contributed by atoms with Gasteiger partial charge in [-0.1, -0.05) is 26.0 Å². The molecule has 2 rings (SSSR count). The summed E-state index contributed by atoms with van der Waals surface area (Å²) < 4.78 is 0. The summed E-state index contributed by atoms with van der Waals surface area (Å²) in [4.78, 5) is 19.3. The summed E-state index contributed by atoms with van der Waals surface area (Å²) in [5, 5.41) is 6.41. The lowest BCUT2D eigenvalue weighted by atomic mass is 10.0. The molecule has 27 heavy (non-hydrogen) atoms. The van der Waals surface area contributed by atoms with Crippen molar-refractivity contribution in [3.63, 3.8) is 0 Å². The molecule has 1 fully saturated rings. The van der Waals surface area contributed by atoms with Crippen molar-refractivity contribution >= 4 is 35.8 Å². The molecule has 2 atom stereocenters. The second kappa shape index (κ2) is 12.2. The molecule has 0 aromatic heterocycles. The van der Waals surface area contributed by atoms with Gasteiger partial charge < -0.3 is 15.5 Å². The Labute approximate surface area is 181 Å². The summed E-state index contributed by atoms with van der Waals surface area (Å²) in [6, 6.07) is 7.97. The highest BCUT2D eigenvalue weighted by Crippen LogP contribution is 2.16. The van der Waals surface area contributed by atoms with E-state index in [0.29, 0.717) is 12.1 Å². The lowest BCUT2D eigenvalue weighted by Crippen LogP contribution is -2.46. The zero-order valence-electron chi connectivity index (χ0n) is 17.1. The molecule has 1 heterocycles. The summed E-state index contributed by atoms with van der Waals surface area (Å²) in [6.07, 6.45) is 3.46. The lowest BCUT2D eigenvalue weighted by molar-refractivity contribution is 0.0939. The average molecular weight is 486 g/mol. The van der Waals surface area contributed by atoms with Crippen LogP contribution in [0.15, 0.2) is 29.3 Å². The molecule has 0 saturated carbocycles. The van der Waals surface area contributed by atoms with Crippen LogP contribution in [-0.4, -0.2) is 42.4 Å². The van der Waals surface area contributed by atoms with Gasteiger partial charge in [-0.25, -0.2) is 4.99 Å². The Morgan fingerprint density at radius 3 is 2.59 bits per heavy atom. The first-order valence-corrected chi connectivity index (χ1v) is 9.96. The topological polar surface area (TPSA) is 56.7 Å². The van der Waals surface area contributed by atoms with Crippen LogP contribution in [0, 0.1) is 5.92 Å². The van der Waals surface area contributed by atoms with E-state index in [0.717, 1.165) is 43.5 Å². The number of hydrogen-bond donors (Lipinski definition) is 2.